The molecular formula is C20H21N5O5. The number of methoxy groups -OCH3 is 3. The van der Waals surface area contributed by atoms with Gasteiger partial charge in [0.2, 0.25) is 11.9 Å². The summed E-state index contributed by atoms with van der Waals surface area (Å²) in [5.74, 6) is 0.843. The fourth-order valence-electron chi connectivity index (χ4n) is 2.61. The van der Waals surface area contributed by atoms with E-state index in [1.807, 2.05) is 30.3 Å². The van der Waals surface area contributed by atoms with Gasteiger partial charge in [-0.25, -0.2) is 4.79 Å². The minimum Gasteiger partial charge on any atom is -0.496 e. The molecule has 2 aromatic carbocycles. The van der Waals surface area contributed by atoms with E-state index in [1.165, 1.54) is 33.5 Å². The summed E-state index contributed by atoms with van der Waals surface area (Å²) >= 11 is 0. The number of esters is 1. The molecule has 10 nitrogen and oxygen atoms in total. The second-order valence-corrected chi connectivity index (χ2v) is 5.91. The molecule has 0 saturated heterocycles. The van der Waals surface area contributed by atoms with Crippen LogP contribution in [0.2, 0.25) is 0 Å². The molecule has 3 N–H and O–H groups in total. The number of nitrogens with one attached hydrogen (secondary N) is 1. The first-order valence-electron chi connectivity index (χ1n) is 8.83. The van der Waals surface area contributed by atoms with Crippen molar-refractivity contribution in [2.75, 3.05) is 32.4 Å². The van der Waals surface area contributed by atoms with Gasteiger partial charge >= 0.3 is 5.97 Å². The van der Waals surface area contributed by atoms with Crippen molar-refractivity contribution in [1.29, 1.82) is 0 Å². The quantitative estimate of drug-likeness (QED) is 0.533. The molecule has 3 rings (SSSR count). The number of nitrogen functional groups attached to an aromatic ring is 1. The van der Waals surface area contributed by atoms with Gasteiger partial charge < -0.3 is 30.0 Å². The monoisotopic (exact) mass is 411 g/mol. The highest BCUT2D eigenvalue weighted by Crippen LogP contribution is 2.35. The lowest BCUT2D eigenvalue weighted by atomic mass is 10.1. The SMILES string of the molecule is COc1cc(OC)c(C(=O)OCc2nc(N)nc(Nc3ccccc3)n2)cc1OC. The molecule has 1 heterocycles. The second kappa shape index (κ2) is 9.41. The van der Waals surface area contributed by atoms with E-state index in [0.29, 0.717) is 11.5 Å². The summed E-state index contributed by atoms with van der Waals surface area (Å²) in [6, 6.07) is 12.3. The van der Waals surface area contributed by atoms with Crippen LogP contribution in [0, 0.1) is 0 Å². The molecular weight excluding hydrogens is 390 g/mol. The summed E-state index contributed by atoms with van der Waals surface area (Å²) in [7, 11) is 4.39. The first-order chi connectivity index (χ1) is 14.5. The van der Waals surface area contributed by atoms with Crippen molar-refractivity contribution in [2.45, 2.75) is 6.61 Å². The van der Waals surface area contributed by atoms with E-state index in [-0.39, 0.29) is 35.6 Å². The molecule has 0 amide bonds. The lowest BCUT2D eigenvalue weighted by molar-refractivity contribution is 0.0458. The Labute approximate surface area is 173 Å². The molecule has 156 valence electrons. The van der Waals surface area contributed by atoms with Crippen molar-refractivity contribution < 1.29 is 23.7 Å². The molecule has 0 spiro atoms. The number of benzene rings is 2. The summed E-state index contributed by atoms with van der Waals surface area (Å²) in [5.41, 5.74) is 6.70. The normalized spacial score (nSPS) is 10.2. The number of para-hydroxylation sites is 1. The Morgan fingerprint density at radius 2 is 1.60 bits per heavy atom. The number of nitrogens with zero attached hydrogens (tertiary/aromatic N) is 3. The van der Waals surface area contributed by atoms with Gasteiger partial charge in [0.1, 0.15) is 11.3 Å². The smallest absolute Gasteiger partial charge is 0.342 e. The molecule has 3 aromatic rings. The van der Waals surface area contributed by atoms with Crippen molar-refractivity contribution in [3.8, 4) is 17.2 Å². The number of nitrogens with two attached hydrogens (primary N) is 1. The Morgan fingerprint density at radius 3 is 2.27 bits per heavy atom. The van der Waals surface area contributed by atoms with Crippen molar-refractivity contribution in [2.24, 2.45) is 0 Å². The van der Waals surface area contributed by atoms with Crippen molar-refractivity contribution in [3.63, 3.8) is 0 Å². The van der Waals surface area contributed by atoms with Gasteiger partial charge in [0, 0.05) is 17.8 Å². The minimum atomic E-state index is -0.649. The van der Waals surface area contributed by atoms with Gasteiger partial charge in [-0.1, -0.05) is 18.2 Å². The van der Waals surface area contributed by atoms with Crippen LogP contribution >= 0.6 is 0 Å². The molecule has 0 aliphatic heterocycles. The molecule has 0 bridgehead atoms. The molecule has 1 aromatic heterocycles. The van der Waals surface area contributed by atoms with Gasteiger partial charge in [0.05, 0.1) is 21.3 Å². The van der Waals surface area contributed by atoms with Crippen LogP contribution in [0.15, 0.2) is 42.5 Å². The highest BCUT2D eigenvalue weighted by atomic mass is 16.5. The lowest BCUT2D eigenvalue weighted by Gasteiger charge is -2.13. The topological polar surface area (TPSA) is 131 Å². The molecule has 30 heavy (non-hydrogen) atoms. The van der Waals surface area contributed by atoms with E-state index >= 15 is 0 Å². The summed E-state index contributed by atoms with van der Waals surface area (Å²) in [4.78, 5) is 24.9. The number of anilines is 3. The highest BCUT2D eigenvalue weighted by Gasteiger charge is 2.19. The Morgan fingerprint density at radius 1 is 0.933 bits per heavy atom. The molecule has 10 heteroatoms. The Bertz CT molecular complexity index is 1030. The average molecular weight is 411 g/mol. The Balaban J connectivity index is 1.76. The van der Waals surface area contributed by atoms with Crippen LogP contribution in [-0.2, 0) is 11.3 Å². The lowest BCUT2D eigenvalue weighted by Crippen LogP contribution is -2.12. The van der Waals surface area contributed by atoms with Gasteiger partial charge in [-0.05, 0) is 12.1 Å². The zero-order chi connectivity index (χ0) is 21.5. The summed E-state index contributed by atoms with van der Waals surface area (Å²) < 4.78 is 21.0. The number of hydrogen-bond acceptors (Lipinski definition) is 10. The first-order valence-corrected chi connectivity index (χ1v) is 8.83. The van der Waals surface area contributed by atoms with Crippen LogP contribution in [0.4, 0.5) is 17.6 Å². The fourth-order valence-corrected chi connectivity index (χ4v) is 2.61. The molecule has 0 atom stereocenters. The van der Waals surface area contributed by atoms with Gasteiger partial charge in [0.15, 0.2) is 23.9 Å². The van der Waals surface area contributed by atoms with Gasteiger partial charge in [-0.3, -0.25) is 0 Å². The van der Waals surface area contributed by atoms with E-state index in [2.05, 4.69) is 20.3 Å². The minimum absolute atomic E-state index is 0.00169. The molecule has 0 aliphatic carbocycles. The van der Waals surface area contributed by atoms with Crippen LogP contribution in [0.5, 0.6) is 17.2 Å². The Hall–Kier alpha value is -4.08. The van der Waals surface area contributed by atoms with E-state index in [0.717, 1.165) is 5.69 Å². The van der Waals surface area contributed by atoms with Crippen LogP contribution in [-0.4, -0.2) is 42.3 Å². The number of carbonyl (C=O) groups is 1. The standard InChI is InChI=1S/C20H21N5O5/c1-27-14-10-16(29-3)15(28-2)9-13(14)18(26)30-11-17-23-19(21)25-20(24-17)22-12-7-5-4-6-8-12/h4-10H,11H2,1-3H3,(H3,21,22,23,24,25). The second-order valence-electron chi connectivity index (χ2n) is 5.91. The van der Waals surface area contributed by atoms with Crippen molar-refractivity contribution in [1.82, 2.24) is 15.0 Å². The molecule has 0 unspecified atom stereocenters. The van der Waals surface area contributed by atoms with Crippen LogP contribution in [0.3, 0.4) is 0 Å². The zero-order valence-corrected chi connectivity index (χ0v) is 16.7. The molecule has 0 aliphatic rings. The van der Waals surface area contributed by atoms with Crippen LogP contribution < -0.4 is 25.3 Å². The third-order valence-corrected chi connectivity index (χ3v) is 3.99. The van der Waals surface area contributed by atoms with E-state index in [1.54, 1.807) is 0 Å². The third kappa shape index (κ3) is 4.85. The maximum absolute atomic E-state index is 12.6. The van der Waals surface area contributed by atoms with Gasteiger partial charge in [-0.2, -0.15) is 15.0 Å². The molecule has 0 radical (unpaired) electrons. The number of hydrogen-bond donors (Lipinski definition) is 2. The van der Waals surface area contributed by atoms with Gasteiger partial charge in [0.25, 0.3) is 0 Å². The number of ether oxygens (including phenoxy) is 4. The largest absolute Gasteiger partial charge is 0.496 e. The van der Waals surface area contributed by atoms with Crippen molar-refractivity contribution in [3.05, 3.63) is 53.9 Å². The summed E-state index contributed by atoms with van der Waals surface area (Å²) in [6.07, 6.45) is 0. The maximum Gasteiger partial charge on any atom is 0.342 e. The predicted octanol–water partition coefficient (Wildman–Crippen LogP) is 2.58. The summed E-state index contributed by atoms with van der Waals surface area (Å²) in [6.45, 7) is -0.216. The van der Waals surface area contributed by atoms with Crippen molar-refractivity contribution >= 4 is 23.6 Å². The molecule has 0 saturated carbocycles. The highest BCUT2D eigenvalue weighted by molar-refractivity contribution is 5.93. The van der Waals surface area contributed by atoms with Gasteiger partial charge in [-0.15, -0.1) is 0 Å². The Kier molecular flexibility index (Phi) is 6.48. The van der Waals surface area contributed by atoms with E-state index in [9.17, 15) is 4.79 Å². The summed E-state index contributed by atoms with van der Waals surface area (Å²) in [5, 5.41) is 3.02. The number of rotatable bonds is 8. The van der Waals surface area contributed by atoms with E-state index in [4.69, 9.17) is 24.7 Å². The fraction of sp³-hybridized carbons (Fsp3) is 0.200. The van der Waals surface area contributed by atoms with E-state index < -0.39 is 5.97 Å². The predicted molar refractivity (Wildman–Crippen MR) is 109 cm³/mol. The maximum atomic E-state index is 12.6. The first kappa shape index (κ1) is 20.6. The van der Waals surface area contributed by atoms with Crippen LogP contribution in [0.1, 0.15) is 16.2 Å². The molecule has 0 fully saturated rings. The third-order valence-electron chi connectivity index (χ3n) is 3.99. The zero-order valence-electron chi connectivity index (χ0n) is 16.7. The average Bonchev–Trinajstić information content (AvgIpc) is 2.76. The van der Waals surface area contributed by atoms with Crippen LogP contribution in [0.25, 0.3) is 0 Å². The number of aromatic nitrogens is 3. The number of carbonyl (C=O) groups excluding carboxylic acids is 1.